The molecule has 0 spiro atoms. The molecule has 0 aliphatic rings. The number of aromatic nitrogens is 2. The number of hydrogen-bond acceptors (Lipinski definition) is 6. The van der Waals surface area contributed by atoms with E-state index in [2.05, 4.69) is 14.4 Å². The Labute approximate surface area is 215 Å². The fraction of sp³-hybridized carbons (Fsp3) is 0.0400. The summed E-state index contributed by atoms with van der Waals surface area (Å²) in [7, 11) is -2.42. The van der Waals surface area contributed by atoms with Crippen LogP contribution in [0.1, 0.15) is 0 Å². The highest BCUT2D eigenvalue weighted by atomic mass is 35.5. The number of fused-ring (bicyclic) bond motifs is 1. The highest BCUT2D eigenvalue weighted by molar-refractivity contribution is 7.92. The van der Waals surface area contributed by atoms with Gasteiger partial charge in [0, 0.05) is 27.6 Å². The number of pyridine rings is 1. The van der Waals surface area contributed by atoms with Crippen molar-refractivity contribution in [3.05, 3.63) is 99.5 Å². The number of rotatable bonds is 6. The Morgan fingerprint density at radius 1 is 0.917 bits per heavy atom. The molecule has 1 N–H and O–H groups in total. The van der Waals surface area contributed by atoms with Gasteiger partial charge in [-0.25, -0.2) is 8.42 Å². The lowest BCUT2D eigenvalue weighted by atomic mass is 10.0. The van der Waals surface area contributed by atoms with E-state index >= 15 is 0 Å². The maximum atomic E-state index is 13.0. The molecule has 0 fully saturated rings. The van der Waals surface area contributed by atoms with Crippen LogP contribution in [-0.4, -0.2) is 25.3 Å². The molecule has 0 saturated carbocycles. The van der Waals surface area contributed by atoms with Crippen LogP contribution in [0.3, 0.4) is 0 Å². The fourth-order valence-corrected chi connectivity index (χ4v) is 5.42. The normalized spacial score (nSPS) is 11.5. The van der Waals surface area contributed by atoms with Crippen molar-refractivity contribution in [1.29, 1.82) is 0 Å². The maximum absolute atomic E-state index is 13.0. The second-order valence-electron chi connectivity index (χ2n) is 7.76. The fourth-order valence-electron chi connectivity index (χ4n) is 3.86. The van der Waals surface area contributed by atoms with Crippen molar-refractivity contribution in [3.8, 4) is 22.6 Å². The van der Waals surface area contributed by atoms with Gasteiger partial charge in [0.2, 0.25) is 0 Å². The third-order valence-corrected chi connectivity index (χ3v) is 7.26. The summed E-state index contributed by atoms with van der Waals surface area (Å²) in [5.41, 5.74) is 2.26. The Hall–Kier alpha value is -3.79. The number of halogens is 2. The van der Waals surface area contributed by atoms with Crippen LogP contribution >= 0.6 is 23.2 Å². The molecular weight excluding hydrogens is 525 g/mol. The van der Waals surface area contributed by atoms with E-state index in [0.29, 0.717) is 32.4 Å². The van der Waals surface area contributed by atoms with E-state index in [0.717, 1.165) is 11.1 Å². The summed E-state index contributed by atoms with van der Waals surface area (Å²) in [6.45, 7) is 0. The van der Waals surface area contributed by atoms with Crippen molar-refractivity contribution >= 4 is 49.9 Å². The van der Waals surface area contributed by atoms with E-state index in [9.17, 15) is 13.2 Å². The molecule has 5 aromatic rings. The van der Waals surface area contributed by atoms with Crippen LogP contribution in [0.25, 0.3) is 27.7 Å². The average Bonchev–Trinajstić information content (AvgIpc) is 3.35. The number of nitrogens with one attached hydrogen (secondary N) is 1. The van der Waals surface area contributed by atoms with Crippen LogP contribution < -0.4 is 15.0 Å². The third kappa shape index (κ3) is 4.56. The highest BCUT2D eigenvalue weighted by Gasteiger charge is 2.18. The Bertz CT molecular complexity index is 1750. The van der Waals surface area contributed by atoms with E-state index in [4.69, 9.17) is 27.9 Å². The van der Waals surface area contributed by atoms with Gasteiger partial charge in [0.15, 0.2) is 5.82 Å². The zero-order chi connectivity index (χ0) is 25.4. The van der Waals surface area contributed by atoms with Crippen molar-refractivity contribution in [2.45, 2.75) is 4.90 Å². The van der Waals surface area contributed by atoms with Gasteiger partial charge >= 0.3 is 0 Å². The van der Waals surface area contributed by atoms with Crippen LogP contribution in [-0.2, 0) is 10.0 Å². The second kappa shape index (κ2) is 9.34. The second-order valence-corrected chi connectivity index (χ2v) is 10.3. The lowest BCUT2D eigenvalue weighted by Crippen LogP contribution is -2.18. The third-order valence-electron chi connectivity index (χ3n) is 5.47. The largest absolute Gasteiger partial charge is 0.495 e. The molecule has 0 saturated heterocycles. The first kappa shape index (κ1) is 23.9. The predicted octanol–water partition coefficient (Wildman–Crippen LogP) is 5.76. The van der Waals surface area contributed by atoms with Gasteiger partial charge in [-0.1, -0.05) is 34.4 Å². The van der Waals surface area contributed by atoms with Gasteiger partial charge in [0.25, 0.3) is 15.6 Å². The minimum atomic E-state index is -3.92. The van der Waals surface area contributed by atoms with Crippen molar-refractivity contribution in [3.63, 3.8) is 0 Å². The van der Waals surface area contributed by atoms with Gasteiger partial charge in [0.05, 0.1) is 23.2 Å². The lowest BCUT2D eigenvalue weighted by molar-refractivity contribution is 0.413. The van der Waals surface area contributed by atoms with Gasteiger partial charge < -0.3 is 9.26 Å². The van der Waals surface area contributed by atoms with Crippen LogP contribution in [0, 0.1) is 0 Å². The molecule has 36 heavy (non-hydrogen) atoms. The first-order chi connectivity index (χ1) is 17.2. The van der Waals surface area contributed by atoms with E-state index in [1.165, 1.54) is 42.2 Å². The summed E-state index contributed by atoms with van der Waals surface area (Å²) in [5, 5.41) is 5.10. The smallest absolute Gasteiger partial charge is 0.263 e. The van der Waals surface area contributed by atoms with Gasteiger partial charge in [-0.05, 0) is 65.7 Å². The highest BCUT2D eigenvalue weighted by Crippen LogP contribution is 2.33. The molecule has 3 aromatic carbocycles. The lowest BCUT2D eigenvalue weighted by Gasteiger charge is -2.16. The summed E-state index contributed by atoms with van der Waals surface area (Å²) in [5.74, 6) is 0.494. The number of hydrogen-bond donors (Lipinski definition) is 1. The molecule has 0 aliphatic heterocycles. The molecule has 2 heterocycles. The number of sulfonamides is 1. The van der Waals surface area contributed by atoms with Crippen LogP contribution in [0.15, 0.2) is 93.3 Å². The van der Waals surface area contributed by atoms with Crippen LogP contribution in [0.4, 0.5) is 5.82 Å². The SMILES string of the molecule is COc1cc(-c2cc(Cl)cc(Cl)c2)ccc1-n1c(=O)ccc2cc(S(=O)(=O)Nc3ccon3)ccc21. The number of anilines is 1. The van der Waals surface area contributed by atoms with E-state index in [1.54, 1.807) is 42.5 Å². The average molecular weight is 542 g/mol. The molecular formula is C25H17Cl2N3O5S. The zero-order valence-corrected chi connectivity index (χ0v) is 20.9. The minimum Gasteiger partial charge on any atom is -0.495 e. The zero-order valence-electron chi connectivity index (χ0n) is 18.6. The number of methoxy groups -OCH3 is 1. The number of nitrogens with zero attached hydrogens (tertiary/aromatic N) is 2. The van der Waals surface area contributed by atoms with Crippen molar-refractivity contribution in [2.24, 2.45) is 0 Å². The van der Waals surface area contributed by atoms with Gasteiger partial charge in [0.1, 0.15) is 12.0 Å². The predicted molar refractivity (Wildman–Crippen MR) is 139 cm³/mol. The topological polar surface area (TPSA) is 103 Å². The molecule has 0 bridgehead atoms. The molecule has 0 radical (unpaired) electrons. The molecule has 0 unspecified atom stereocenters. The Morgan fingerprint density at radius 3 is 2.39 bits per heavy atom. The van der Waals surface area contributed by atoms with Crippen molar-refractivity contribution in [1.82, 2.24) is 9.72 Å². The summed E-state index contributed by atoms with van der Waals surface area (Å²) in [4.78, 5) is 13.0. The van der Waals surface area contributed by atoms with Crippen molar-refractivity contribution < 1.29 is 17.7 Å². The van der Waals surface area contributed by atoms with E-state index in [1.807, 2.05) is 6.07 Å². The molecule has 0 aliphatic carbocycles. The van der Waals surface area contributed by atoms with Gasteiger partial charge in [-0.15, -0.1) is 0 Å². The first-order valence-corrected chi connectivity index (χ1v) is 12.7. The first-order valence-electron chi connectivity index (χ1n) is 10.5. The van der Waals surface area contributed by atoms with E-state index < -0.39 is 10.0 Å². The van der Waals surface area contributed by atoms with Crippen LogP contribution in [0.2, 0.25) is 10.0 Å². The monoisotopic (exact) mass is 541 g/mol. The Kier molecular flexibility index (Phi) is 6.21. The molecule has 5 rings (SSSR count). The maximum Gasteiger partial charge on any atom is 0.263 e. The van der Waals surface area contributed by atoms with E-state index in [-0.39, 0.29) is 16.3 Å². The Balaban J connectivity index is 1.61. The molecule has 8 nitrogen and oxygen atoms in total. The summed E-state index contributed by atoms with van der Waals surface area (Å²) in [6.07, 6.45) is 1.26. The number of benzene rings is 3. The molecule has 2 aromatic heterocycles. The number of ether oxygens (including phenoxy) is 1. The summed E-state index contributed by atoms with van der Waals surface area (Å²) in [6, 6.07) is 19.3. The summed E-state index contributed by atoms with van der Waals surface area (Å²) < 4.78 is 39.7. The minimum absolute atomic E-state index is 0.00310. The molecule has 182 valence electrons. The van der Waals surface area contributed by atoms with Gasteiger partial charge in [-0.3, -0.25) is 14.1 Å². The molecule has 0 amide bonds. The van der Waals surface area contributed by atoms with Gasteiger partial charge in [-0.2, -0.15) is 0 Å². The van der Waals surface area contributed by atoms with Crippen LogP contribution in [0.5, 0.6) is 5.75 Å². The molecule has 0 atom stereocenters. The summed E-state index contributed by atoms with van der Waals surface area (Å²) >= 11 is 12.3. The quantitative estimate of drug-likeness (QED) is 0.293. The molecule has 11 heteroatoms. The Morgan fingerprint density at radius 2 is 1.69 bits per heavy atom. The van der Waals surface area contributed by atoms with Crippen molar-refractivity contribution in [2.75, 3.05) is 11.8 Å². The standard InChI is InChI=1S/C25H17Cl2N3O5S/c1-34-23-13-15(17-10-18(26)14-19(27)11-17)2-5-22(23)30-21-6-4-20(12-16(21)3-7-25(30)31)36(32,33)29-24-8-9-35-28-24/h2-14H,1H3,(H,28,29).